The number of benzene rings is 1. The topological polar surface area (TPSA) is 133 Å². The average molecular weight is 518 g/mol. The Balaban J connectivity index is 1.32. The summed E-state index contributed by atoms with van der Waals surface area (Å²) in [7, 11) is 0. The van der Waals surface area contributed by atoms with Gasteiger partial charge in [0.05, 0.1) is 34.2 Å². The molecule has 2 aromatic heterocycles. The second-order valence-corrected chi connectivity index (χ2v) is 10.4. The number of hydrogen-bond acceptors (Lipinski definition) is 10. The van der Waals surface area contributed by atoms with Crippen LogP contribution in [0.1, 0.15) is 37.3 Å². The molecule has 2 atom stereocenters. The van der Waals surface area contributed by atoms with Crippen LogP contribution >= 0.6 is 11.6 Å². The second kappa shape index (κ2) is 9.67. The average Bonchev–Trinajstić information content (AvgIpc) is 3.37. The SMILES string of the molecule is C[C@H]1CN(C2CCNC2)CCN1c1cc(C#N)cc(Nc2nc(NC3CC3)n3ncc(C#N)c3n2)c1Cl. The Morgan fingerprint density at radius 1 is 1.14 bits per heavy atom. The highest BCUT2D eigenvalue weighted by molar-refractivity contribution is 6.36. The maximum absolute atomic E-state index is 9.78. The van der Waals surface area contributed by atoms with Crippen LogP contribution in [-0.2, 0) is 0 Å². The summed E-state index contributed by atoms with van der Waals surface area (Å²) < 4.78 is 1.54. The van der Waals surface area contributed by atoms with E-state index in [9.17, 15) is 10.5 Å². The largest absolute Gasteiger partial charge is 0.365 e. The van der Waals surface area contributed by atoms with E-state index in [-0.39, 0.29) is 12.0 Å². The van der Waals surface area contributed by atoms with E-state index in [0.717, 1.165) is 51.3 Å². The summed E-state index contributed by atoms with van der Waals surface area (Å²) in [5.74, 6) is 0.789. The lowest BCUT2D eigenvalue weighted by molar-refractivity contribution is 0.174. The van der Waals surface area contributed by atoms with Crippen molar-refractivity contribution in [2.24, 2.45) is 0 Å². The molecule has 2 aliphatic heterocycles. The molecule has 12 heteroatoms. The number of rotatable bonds is 6. The normalized spacial score (nSPS) is 22.1. The molecule has 3 aromatic rings. The number of hydrogen-bond donors (Lipinski definition) is 3. The highest BCUT2D eigenvalue weighted by atomic mass is 35.5. The first-order chi connectivity index (χ1) is 18.0. The van der Waals surface area contributed by atoms with Crippen molar-refractivity contribution in [3.63, 3.8) is 0 Å². The number of halogens is 1. The zero-order chi connectivity index (χ0) is 25.5. The van der Waals surface area contributed by atoms with E-state index in [2.05, 4.69) is 59.9 Å². The van der Waals surface area contributed by atoms with Gasteiger partial charge in [0.25, 0.3) is 0 Å². The molecule has 4 heterocycles. The third kappa shape index (κ3) is 4.62. The fourth-order valence-electron chi connectivity index (χ4n) is 5.24. The molecule has 37 heavy (non-hydrogen) atoms. The molecule has 11 nitrogen and oxygen atoms in total. The van der Waals surface area contributed by atoms with Gasteiger partial charge < -0.3 is 20.9 Å². The fraction of sp³-hybridized carbons (Fsp3) is 0.480. The van der Waals surface area contributed by atoms with E-state index in [1.165, 1.54) is 12.6 Å². The van der Waals surface area contributed by atoms with Crippen LogP contribution in [0.25, 0.3) is 5.65 Å². The zero-order valence-corrected chi connectivity index (χ0v) is 21.3. The summed E-state index contributed by atoms with van der Waals surface area (Å²) in [5.41, 5.74) is 2.62. The smallest absolute Gasteiger partial charge is 0.232 e. The summed E-state index contributed by atoms with van der Waals surface area (Å²) >= 11 is 6.96. The molecule has 3 aliphatic rings. The van der Waals surface area contributed by atoms with Crippen LogP contribution in [0.5, 0.6) is 0 Å². The van der Waals surface area contributed by atoms with Gasteiger partial charge in [-0.1, -0.05) is 11.6 Å². The molecule has 3 fully saturated rings. The number of piperazine rings is 1. The van der Waals surface area contributed by atoms with Gasteiger partial charge in [0.2, 0.25) is 11.9 Å². The lowest BCUT2D eigenvalue weighted by atomic mass is 10.1. The lowest BCUT2D eigenvalue weighted by Crippen LogP contribution is -2.55. The Kier molecular flexibility index (Phi) is 6.21. The molecule has 0 spiro atoms. The monoisotopic (exact) mass is 517 g/mol. The van der Waals surface area contributed by atoms with Gasteiger partial charge in [0, 0.05) is 44.3 Å². The first kappa shape index (κ1) is 23.7. The van der Waals surface area contributed by atoms with E-state index in [0.29, 0.717) is 45.5 Å². The van der Waals surface area contributed by atoms with Crippen LogP contribution in [0.4, 0.5) is 23.3 Å². The van der Waals surface area contributed by atoms with E-state index in [4.69, 9.17) is 11.6 Å². The molecule has 2 saturated heterocycles. The van der Waals surface area contributed by atoms with E-state index >= 15 is 0 Å². The van der Waals surface area contributed by atoms with E-state index < -0.39 is 0 Å². The number of nitrogens with zero attached hydrogens (tertiary/aromatic N) is 8. The molecule has 0 bridgehead atoms. The first-order valence-corrected chi connectivity index (χ1v) is 13.1. The summed E-state index contributed by atoms with van der Waals surface area (Å²) in [6, 6.07) is 9.11. The molecule has 6 rings (SSSR count). The Morgan fingerprint density at radius 2 is 2.00 bits per heavy atom. The van der Waals surface area contributed by atoms with Crippen molar-refractivity contribution in [2.75, 3.05) is 48.3 Å². The van der Waals surface area contributed by atoms with Crippen molar-refractivity contribution < 1.29 is 0 Å². The summed E-state index contributed by atoms with van der Waals surface area (Å²) in [5, 5.41) is 34.1. The van der Waals surface area contributed by atoms with Crippen molar-refractivity contribution in [1.29, 1.82) is 10.5 Å². The molecular weight excluding hydrogens is 490 g/mol. The third-order valence-corrected chi connectivity index (χ3v) is 7.74. The van der Waals surface area contributed by atoms with Crippen molar-refractivity contribution in [2.45, 2.75) is 44.3 Å². The molecule has 0 radical (unpaired) electrons. The van der Waals surface area contributed by atoms with Crippen molar-refractivity contribution >= 4 is 40.5 Å². The van der Waals surface area contributed by atoms with Gasteiger partial charge in [-0.15, -0.1) is 0 Å². The Labute approximate surface area is 220 Å². The molecule has 1 unspecified atom stereocenters. The molecular formula is C25H28ClN11. The van der Waals surface area contributed by atoms with Gasteiger partial charge in [0.15, 0.2) is 5.65 Å². The standard InChI is InChI=1S/C25H28ClN11/c1-15-14-35(19-4-5-29-13-19)6-7-36(15)21-9-16(10-27)8-20(22(21)26)32-24-33-23-17(11-28)12-30-37(23)25(34-24)31-18-2-3-18/h8-9,12,15,18-19,29H,2-7,13-14H2,1H3,(H2,31,32,33,34)/t15-,19?/m0/s1. The van der Waals surface area contributed by atoms with Crippen LogP contribution < -0.4 is 20.9 Å². The van der Waals surface area contributed by atoms with Crippen LogP contribution in [0.3, 0.4) is 0 Å². The summed E-state index contributed by atoms with van der Waals surface area (Å²) in [4.78, 5) is 14.0. The van der Waals surface area contributed by atoms with Crippen molar-refractivity contribution in [1.82, 2.24) is 29.8 Å². The van der Waals surface area contributed by atoms with Gasteiger partial charge >= 0.3 is 0 Å². The van der Waals surface area contributed by atoms with Crippen LogP contribution in [0.15, 0.2) is 18.3 Å². The Morgan fingerprint density at radius 3 is 2.70 bits per heavy atom. The van der Waals surface area contributed by atoms with Gasteiger partial charge in [-0.2, -0.15) is 30.1 Å². The predicted octanol–water partition coefficient (Wildman–Crippen LogP) is 2.71. The minimum absolute atomic E-state index is 0.237. The number of nitrogens with one attached hydrogen (secondary N) is 3. The number of anilines is 4. The minimum atomic E-state index is 0.237. The maximum Gasteiger partial charge on any atom is 0.232 e. The minimum Gasteiger partial charge on any atom is -0.365 e. The van der Waals surface area contributed by atoms with Crippen LogP contribution in [0, 0.1) is 22.7 Å². The van der Waals surface area contributed by atoms with Crippen LogP contribution in [-0.4, -0.2) is 75.3 Å². The van der Waals surface area contributed by atoms with Crippen molar-refractivity contribution in [3.8, 4) is 12.1 Å². The molecule has 1 aliphatic carbocycles. The Hall–Kier alpha value is -3.64. The molecule has 0 amide bonds. The third-order valence-electron chi connectivity index (χ3n) is 7.35. The van der Waals surface area contributed by atoms with E-state index in [1.54, 1.807) is 10.6 Å². The molecule has 1 saturated carbocycles. The van der Waals surface area contributed by atoms with E-state index in [1.807, 2.05) is 6.07 Å². The van der Waals surface area contributed by atoms with Crippen LogP contribution in [0.2, 0.25) is 5.02 Å². The zero-order valence-electron chi connectivity index (χ0n) is 20.6. The predicted molar refractivity (Wildman–Crippen MR) is 141 cm³/mol. The number of fused-ring (bicyclic) bond motifs is 1. The van der Waals surface area contributed by atoms with Gasteiger partial charge in [-0.05, 0) is 44.9 Å². The fourth-order valence-corrected chi connectivity index (χ4v) is 5.50. The maximum atomic E-state index is 9.78. The molecule has 190 valence electrons. The Bertz CT molecular complexity index is 1410. The van der Waals surface area contributed by atoms with Gasteiger partial charge in [0.1, 0.15) is 11.6 Å². The lowest BCUT2D eigenvalue weighted by Gasteiger charge is -2.44. The van der Waals surface area contributed by atoms with Gasteiger partial charge in [-0.25, -0.2) is 0 Å². The second-order valence-electron chi connectivity index (χ2n) is 9.97. The van der Waals surface area contributed by atoms with Gasteiger partial charge in [-0.3, -0.25) is 4.90 Å². The summed E-state index contributed by atoms with van der Waals surface area (Å²) in [6.45, 7) is 7.03. The number of aromatic nitrogens is 4. The highest BCUT2D eigenvalue weighted by Crippen LogP contribution is 2.38. The summed E-state index contributed by atoms with van der Waals surface area (Å²) in [6.07, 6.45) is 4.78. The first-order valence-electron chi connectivity index (χ1n) is 12.7. The highest BCUT2D eigenvalue weighted by Gasteiger charge is 2.31. The molecule has 3 N–H and O–H groups in total. The quantitative estimate of drug-likeness (QED) is 0.448. The van der Waals surface area contributed by atoms with Crippen molar-refractivity contribution in [3.05, 3.63) is 34.5 Å². The number of nitriles is 2. The molecule has 1 aromatic carbocycles.